The topological polar surface area (TPSA) is 16.1 Å². The van der Waals surface area contributed by atoms with Crippen LogP contribution in [0.25, 0.3) is 10.1 Å². The summed E-state index contributed by atoms with van der Waals surface area (Å²) in [6, 6.07) is 8.52. The Morgan fingerprint density at radius 3 is 2.62 bits per heavy atom. The third kappa shape index (κ3) is 2.02. The van der Waals surface area contributed by atoms with Gasteiger partial charge in [-0.2, -0.15) is 4.37 Å². The minimum atomic E-state index is 0. The van der Waals surface area contributed by atoms with Crippen LogP contribution in [0.5, 0.6) is 0 Å². The molecule has 4 heteroatoms. The molecule has 1 aromatic heterocycles. The van der Waals surface area contributed by atoms with E-state index in [4.69, 9.17) is 0 Å². The first-order valence-corrected chi connectivity index (χ1v) is 6.32. The zero-order chi connectivity index (χ0) is 10.1. The molecule has 2 heterocycles. The molecule has 0 bridgehead atoms. The van der Waals surface area contributed by atoms with Crippen molar-refractivity contribution in [3.05, 3.63) is 24.3 Å². The summed E-state index contributed by atoms with van der Waals surface area (Å²) in [4.78, 5) is 2.43. The summed E-state index contributed by atoms with van der Waals surface area (Å²) in [5, 5.41) is 1.32. The maximum atomic E-state index is 4.59. The molecule has 0 N–H and O–H groups in total. The molecule has 0 aliphatic carbocycles. The summed E-state index contributed by atoms with van der Waals surface area (Å²) in [5.41, 5.74) is 0. The lowest BCUT2D eigenvalue weighted by molar-refractivity contribution is 0.576. The Balaban J connectivity index is 0.000000963. The summed E-state index contributed by atoms with van der Waals surface area (Å²) in [5.74, 6) is 1.20. The van der Waals surface area contributed by atoms with E-state index >= 15 is 0 Å². The largest absolute Gasteiger partial charge is 0.355 e. The molecular formula is C12H15ClN2S. The maximum Gasteiger partial charge on any atom is 0.150 e. The van der Waals surface area contributed by atoms with E-state index in [1.54, 1.807) is 11.5 Å². The quantitative estimate of drug-likeness (QED) is 0.771. The Morgan fingerprint density at radius 2 is 1.81 bits per heavy atom. The standard InChI is InChI=1S/C12H14N2S.ClH/c1-4-8-14(9-5-1)12-10-6-2-3-7-11(10)15-13-12;/h2-3,6-7H,1,4-5,8-9H2;1H. The molecule has 1 aliphatic rings. The van der Waals surface area contributed by atoms with Gasteiger partial charge in [-0.25, -0.2) is 0 Å². The van der Waals surface area contributed by atoms with Crippen molar-refractivity contribution < 1.29 is 0 Å². The molecule has 3 rings (SSSR count). The summed E-state index contributed by atoms with van der Waals surface area (Å²) in [6.07, 6.45) is 4.00. The van der Waals surface area contributed by atoms with Gasteiger partial charge in [0.05, 0.1) is 4.70 Å². The van der Waals surface area contributed by atoms with E-state index in [2.05, 4.69) is 33.5 Å². The van der Waals surface area contributed by atoms with Crippen LogP contribution in [-0.4, -0.2) is 17.5 Å². The molecule has 1 aromatic carbocycles. The first-order chi connectivity index (χ1) is 7.45. The maximum absolute atomic E-state index is 4.59. The number of piperidine rings is 1. The molecule has 1 saturated heterocycles. The van der Waals surface area contributed by atoms with Crippen molar-refractivity contribution >= 4 is 39.8 Å². The second-order valence-corrected chi connectivity index (χ2v) is 4.86. The average molecular weight is 255 g/mol. The number of hydrogen-bond donors (Lipinski definition) is 0. The van der Waals surface area contributed by atoms with Crippen LogP contribution >= 0.6 is 23.9 Å². The van der Waals surface area contributed by atoms with E-state index in [-0.39, 0.29) is 12.4 Å². The fourth-order valence-corrected chi connectivity index (χ4v) is 3.00. The van der Waals surface area contributed by atoms with Gasteiger partial charge in [0.15, 0.2) is 0 Å². The molecule has 0 atom stereocenters. The van der Waals surface area contributed by atoms with Crippen LogP contribution in [0.2, 0.25) is 0 Å². The number of nitrogens with zero attached hydrogens (tertiary/aromatic N) is 2. The lowest BCUT2D eigenvalue weighted by Gasteiger charge is -2.26. The van der Waals surface area contributed by atoms with Crippen molar-refractivity contribution in [3.8, 4) is 0 Å². The number of hydrogen-bond acceptors (Lipinski definition) is 3. The Morgan fingerprint density at radius 1 is 1.06 bits per heavy atom. The highest BCUT2D eigenvalue weighted by Crippen LogP contribution is 2.30. The van der Waals surface area contributed by atoms with Crippen LogP contribution in [0.1, 0.15) is 19.3 Å². The summed E-state index contributed by atoms with van der Waals surface area (Å²) >= 11 is 1.62. The van der Waals surface area contributed by atoms with Gasteiger partial charge in [-0.3, -0.25) is 0 Å². The highest BCUT2D eigenvalue weighted by Gasteiger charge is 2.15. The predicted molar refractivity (Wildman–Crippen MR) is 72.9 cm³/mol. The van der Waals surface area contributed by atoms with Crippen LogP contribution in [0.15, 0.2) is 24.3 Å². The van der Waals surface area contributed by atoms with Crippen molar-refractivity contribution in [2.45, 2.75) is 19.3 Å². The average Bonchev–Trinajstić information content (AvgIpc) is 2.74. The summed E-state index contributed by atoms with van der Waals surface area (Å²) < 4.78 is 5.89. The number of rotatable bonds is 1. The molecule has 2 nitrogen and oxygen atoms in total. The second-order valence-electron chi connectivity index (χ2n) is 4.05. The van der Waals surface area contributed by atoms with Crippen molar-refractivity contribution in [1.82, 2.24) is 4.37 Å². The molecule has 1 fully saturated rings. The zero-order valence-corrected chi connectivity index (χ0v) is 10.7. The van der Waals surface area contributed by atoms with Gasteiger partial charge in [0, 0.05) is 18.5 Å². The number of halogens is 1. The van der Waals surface area contributed by atoms with Gasteiger partial charge in [-0.05, 0) is 42.9 Å². The Hall–Kier alpha value is -0.800. The van der Waals surface area contributed by atoms with Gasteiger partial charge in [0.1, 0.15) is 5.82 Å². The second kappa shape index (κ2) is 5.02. The van der Waals surface area contributed by atoms with E-state index < -0.39 is 0 Å². The number of aromatic nitrogens is 1. The first-order valence-electron chi connectivity index (χ1n) is 5.54. The van der Waals surface area contributed by atoms with Gasteiger partial charge in [0.25, 0.3) is 0 Å². The van der Waals surface area contributed by atoms with Crippen LogP contribution in [-0.2, 0) is 0 Å². The molecule has 0 unspecified atom stereocenters. The summed E-state index contributed by atoms with van der Waals surface area (Å²) in [7, 11) is 0. The van der Waals surface area contributed by atoms with Crippen molar-refractivity contribution in [2.24, 2.45) is 0 Å². The number of fused-ring (bicyclic) bond motifs is 1. The molecule has 0 spiro atoms. The third-order valence-corrected chi connectivity index (χ3v) is 3.83. The predicted octanol–water partition coefficient (Wildman–Crippen LogP) is 3.71. The number of benzene rings is 1. The van der Waals surface area contributed by atoms with Gasteiger partial charge in [0.2, 0.25) is 0 Å². The normalized spacial score (nSPS) is 16.1. The van der Waals surface area contributed by atoms with E-state index in [1.165, 1.54) is 48.3 Å². The molecule has 2 aromatic rings. The zero-order valence-electron chi connectivity index (χ0n) is 9.06. The van der Waals surface area contributed by atoms with Crippen molar-refractivity contribution in [3.63, 3.8) is 0 Å². The summed E-state index contributed by atoms with van der Waals surface area (Å²) in [6.45, 7) is 2.35. The van der Waals surface area contributed by atoms with Crippen LogP contribution in [0, 0.1) is 0 Å². The van der Waals surface area contributed by atoms with Gasteiger partial charge < -0.3 is 4.90 Å². The molecule has 16 heavy (non-hydrogen) atoms. The van der Waals surface area contributed by atoms with Crippen LogP contribution in [0.3, 0.4) is 0 Å². The molecule has 0 radical (unpaired) electrons. The molecule has 86 valence electrons. The third-order valence-electron chi connectivity index (χ3n) is 3.01. The molecular weight excluding hydrogens is 240 g/mol. The fraction of sp³-hybridized carbons (Fsp3) is 0.417. The highest BCUT2D eigenvalue weighted by atomic mass is 35.5. The van der Waals surface area contributed by atoms with E-state index in [9.17, 15) is 0 Å². The Bertz CT molecular complexity index is 463. The minimum absolute atomic E-state index is 0. The molecule has 0 saturated carbocycles. The SMILES string of the molecule is Cl.c1ccc2c(N3CCCCC3)nsc2c1. The Labute approximate surface area is 106 Å². The molecule has 0 amide bonds. The minimum Gasteiger partial charge on any atom is -0.355 e. The van der Waals surface area contributed by atoms with Crippen LogP contribution < -0.4 is 4.90 Å². The smallest absolute Gasteiger partial charge is 0.150 e. The lowest BCUT2D eigenvalue weighted by Crippen LogP contribution is -2.29. The lowest BCUT2D eigenvalue weighted by atomic mass is 10.1. The van der Waals surface area contributed by atoms with E-state index in [0.29, 0.717) is 0 Å². The Kier molecular flexibility index (Phi) is 3.66. The molecule has 1 aliphatic heterocycles. The van der Waals surface area contributed by atoms with Crippen LogP contribution in [0.4, 0.5) is 5.82 Å². The van der Waals surface area contributed by atoms with Crippen molar-refractivity contribution in [1.29, 1.82) is 0 Å². The first kappa shape index (κ1) is 11.7. The van der Waals surface area contributed by atoms with E-state index in [0.717, 1.165) is 0 Å². The monoisotopic (exact) mass is 254 g/mol. The van der Waals surface area contributed by atoms with Gasteiger partial charge in [-0.1, -0.05) is 12.1 Å². The van der Waals surface area contributed by atoms with Gasteiger partial charge in [-0.15, -0.1) is 12.4 Å². The number of anilines is 1. The van der Waals surface area contributed by atoms with Gasteiger partial charge >= 0.3 is 0 Å². The highest BCUT2D eigenvalue weighted by molar-refractivity contribution is 7.13. The van der Waals surface area contributed by atoms with Crippen molar-refractivity contribution in [2.75, 3.05) is 18.0 Å². The van der Waals surface area contributed by atoms with E-state index in [1.807, 2.05) is 0 Å². The fourth-order valence-electron chi connectivity index (χ4n) is 2.21.